The van der Waals surface area contributed by atoms with E-state index in [2.05, 4.69) is 35.2 Å². The molecule has 2 aromatic rings. The lowest BCUT2D eigenvalue weighted by atomic mass is 10.2. The van der Waals surface area contributed by atoms with Crippen LogP contribution < -0.4 is 5.32 Å². The van der Waals surface area contributed by atoms with Gasteiger partial charge in [0, 0.05) is 16.8 Å². The summed E-state index contributed by atoms with van der Waals surface area (Å²) in [5.41, 5.74) is 0. The van der Waals surface area contributed by atoms with Crippen LogP contribution in [0.25, 0.3) is 10.2 Å². The number of nitrogens with one attached hydrogen (secondary N) is 1. The standard InChI is InChI=1S/C12H16ClN3S/c1-8(4-3-5-13)16-11-10-6-9(2)17-12(10)15-7-14-11/h6-8H,3-5H2,1-2H3,(H,14,15,16). The molecule has 1 unspecified atom stereocenters. The van der Waals surface area contributed by atoms with Crippen molar-refractivity contribution < 1.29 is 0 Å². The molecular formula is C12H16ClN3S. The van der Waals surface area contributed by atoms with Crippen LogP contribution in [0.2, 0.25) is 0 Å². The third-order valence-electron chi connectivity index (χ3n) is 2.61. The van der Waals surface area contributed by atoms with Gasteiger partial charge in [0.25, 0.3) is 0 Å². The summed E-state index contributed by atoms with van der Waals surface area (Å²) in [5, 5.41) is 4.55. The van der Waals surface area contributed by atoms with Crippen molar-refractivity contribution >= 4 is 39.0 Å². The molecule has 0 radical (unpaired) electrons. The summed E-state index contributed by atoms with van der Waals surface area (Å²) in [4.78, 5) is 10.9. The van der Waals surface area contributed by atoms with Crippen LogP contribution in [0.4, 0.5) is 5.82 Å². The molecule has 0 saturated carbocycles. The number of anilines is 1. The lowest BCUT2D eigenvalue weighted by Gasteiger charge is -2.13. The number of hydrogen-bond donors (Lipinski definition) is 1. The number of fused-ring (bicyclic) bond motifs is 1. The van der Waals surface area contributed by atoms with E-state index in [9.17, 15) is 0 Å². The summed E-state index contributed by atoms with van der Waals surface area (Å²) in [6.07, 6.45) is 3.69. The largest absolute Gasteiger partial charge is 0.367 e. The summed E-state index contributed by atoms with van der Waals surface area (Å²) in [6, 6.07) is 2.52. The van der Waals surface area contributed by atoms with Crippen molar-refractivity contribution in [1.82, 2.24) is 9.97 Å². The lowest BCUT2D eigenvalue weighted by molar-refractivity contribution is 0.691. The molecule has 2 rings (SSSR count). The Morgan fingerprint density at radius 3 is 3.06 bits per heavy atom. The molecule has 0 fully saturated rings. The molecule has 3 nitrogen and oxygen atoms in total. The van der Waals surface area contributed by atoms with Gasteiger partial charge < -0.3 is 5.32 Å². The molecule has 0 aromatic carbocycles. The Hall–Kier alpha value is -0.870. The third kappa shape index (κ3) is 3.07. The highest BCUT2D eigenvalue weighted by Gasteiger charge is 2.09. The van der Waals surface area contributed by atoms with E-state index in [0.29, 0.717) is 11.9 Å². The highest BCUT2D eigenvalue weighted by Crippen LogP contribution is 2.27. The van der Waals surface area contributed by atoms with Gasteiger partial charge in [0.2, 0.25) is 0 Å². The minimum Gasteiger partial charge on any atom is -0.367 e. The monoisotopic (exact) mass is 269 g/mol. The Labute approximate surface area is 110 Å². The second-order valence-corrected chi connectivity index (χ2v) is 5.79. The SMILES string of the molecule is Cc1cc2c(NC(C)CCCCl)ncnc2s1. The fourth-order valence-corrected chi connectivity index (χ4v) is 2.78. The topological polar surface area (TPSA) is 37.8 Å². The molecule has 0 spiro atoms. The summed E-state index contributed by atoms with van der Waals surface area (Å²) in [7, 11) is 0. The molecule has 0 saturated heterocycles. The fraction of sp³-hybridized carbons (Fsp3) is 0.500. The molecule has 0 aliphatic heterocycles. The third-order valence-corrected chi connectivity index (χ3v) is 3.83. The zero-order valence-corrected chi connectivity index (χ0v) is 11.6. The maximum absolute atomic E-state index is 5.70. The van der Waals surface area contributed by atoms with Crippen molar-refractivity contribution in [3.05, 3.63) is 17.3 Å². The van der Waals surface area contributed by atoms with Crippen molar-refractivity contribution in [3.63, 3.8) is 0 Å². The van der Waals surface area contributed by atoms with Gasteiger partial charge in [-0.1, -0.05) is 0 Å². The summed E-state index contributed by atoms with van der Waals surface area (Å²) < 4.78 is 0. The van der Waals surface area contributed by atoms with Crippen LogP contribution in [0.1, 0.15) is 24.6 Å². The normalized spacial score (nSPS) is 12.9. The first-order valence-corrected chi connectivity index (χ1v) is 7.09. The van der Waals surface area contributed by atoms with Crippen molar-refractivity contribution in [2.75, 3.05) is 11.2 Å². The van der Waals surface area contributed by atoms with Crippen LogP contribution in [-0.2, 0) is 0 Å². The highest BCUT2D eigenvalue weighted by molar-refractivity contribution is 7.18. The number of alkyl halides is 1. The van der Waals surface area contributed by atoms with E-state index < -0.39 is 0 Å². The average molecular weight is 270 g/mol. The van der Waals surface area contributed by atoms with E-state index in [1.165, 1.54) is 4.88 Å². The van der Waals surface area contributed by atoms with E-state index >= 15 is 0 Å². The Morgan fingerprint density at radius 2 is 2.29 bits per heavy atom. The molecule has 92 valence electrons. The molecular weight excluding hydrogens is 254 g/mol. The van der Waals surface area contributed by atoms with E-state index in [1.54, 1.807) is 17.7 Å². The Morgan fingerprint density at radius 1 is 1.47 bits per heavy atom. The minimum atomic E-state index is 0.382. The van der Waals surface area contributed by atoms with Gasteiger partial charge in [0.15, 0.2) is 0 Å². The molecule has 0 aliphatic carbocycles. The first-order chi connectivity index (χ1) is 8.20. The molecule has 2 aromatic heterocycles. The summed E-state index contributed by atoms with van der Waals surface area (Å²) in [5.74, 6) is 1.64. The Kier molecular flexibility index (Phi) is 4.18. The van der Waals surface area contributed by atoms with Crippen LogP contribution in [-0.4, -0.2) is 21.9 Å². The van der Waals surface area contributed by atoms with Crippen molar-refractivity contribution in [1.29, 1.82) is 0 Å². The molecule has 1 atom stereocenters. The molecule has 5 heteroatoms. The van der Waals surface area contributed by atoms with Crippen molar-refractivity contribution in [2.24, 2.45) is 0 Å². The second kappa shape index (κ2) is 5.65. The minimum absolute atomic E-state index is 0.382. The number of halogens is 1. The van der Waals surface area contributed by atoms with E-state index in [-0.39, 0.29) is 0 Å². The lowest BCUT2D eigenvalue weighted by Crippen LogP contribution is -2.16. The van der Waals surface area contributed by atoms with Crippen molar-refractivity contribution in [3.8, 4) is 0 Å². The Bertz CT molecular complexity index is 497. The first kappa shape index (κ1) is 12.6. The second-order valence-electron chi connectivity index (χ2n) is 4.17. The summed E-state index contributed by atoms with van der Waals surface area (Å²) >= 11 is 7.39. The van der Waals surface area contributed by atoms with Crippen molar-refractivity contribution in [2.45, 2.75) is 32.7 Å². The van der Waals surface area contributed by atoms with Gasteiger partial charge in [-0.2, -0.15) is 0 Å². The average Bonchev–Trinajstić information content (AvgIpc) is 2.68. The van der Waals surface area contributed by atoms with Crippen LogP contribution in [0.5, 0.6) is 0 Å². The number of rotatable bonds is 5. The zero-order valence-electron chi connectivity index (χ0n) is 10.0. The predicted octanol–water partition coefficient (Wildman–Crippen LogP) is 3.82. The van der Waals surface area contributed by atoms with Gasteiger partial charge in [-0.3, -0.25) is 0 Å². The molecule has 17 heavy (non-hydrogen) atoms. The van der Waals surface area contributed by atoms with Gasteiger partial charge in [0.05, 0.1) is 5.39 Å². The number of aryl methyl sites for hydroxylation is 1. The van der Waals surface area contributed by atoms with E-state index in [4.69, 9.17) is 11.6 Å². The number of hydrogen-bond acceptors (Lipinski definition) is 4. The quantitative estimate of drug-likeness (QED) is 0.839. The number of nitrogens with zero attached hydrogens (tertiary/aromatic N) is 2. The molecule has 0 amide bonds. The van der Waals surface area contributed by atoms with Gasteiger partial charge >= 0.3 is 0 Å². The van der Waals surface area contributed by atoms with Crippen LogP contribution in [0.15, 0.2) is 12.4 Å². The van der Waals surface area contributed by atoms with Gasteiger partial charge in [-0.05, 0) is 32.8 Å². The number of aromatic nitrogens is 2. The predicted molar refractivity (Wildman–Crippen MR) is 75.2 cm³/mol. The molecule has 1 N–H and O–H groups in total. The maximum Gasteiger partial charge on any atom is 0.138 e. The van der Waals surface area contributed by atoms with E-state index in [0.717, 1.165) is 28.9 Å². The van der Waals surface area contributed by atoms with Crippen LogP contribution in [0, 0.1) is 6.92 Å². The summed E-state index contributed by atoms with van der Waals surface area (Å²) in [6.45, 7) is 4.24. The molecule has 0 bridgehead atoms. The van der Waals surface area contributed by atoms with Gasteiger partial charge in [0.1, 0.15) is 17.0 Å². The van der Waals surface area contributed by atoms with E-state index in [1.807, 2.05) is 0 Å². The molecule has 2 heterocycles. The Balaban J connectivity index is 2.17. The van der Waals surface area contributed by atoms with Crippen LogP contribution >= 0.6 is 22.9 Å². The van der Waals surface area contributed by atoms with Gasteiger partial charge in [-0.15, -0.1) is 22.9 Å². The highest BCUT2D eigenvalue weighted by atomic mass is 35.5. The number of thiophene rings is 1. The zero-order chi connectivity index (χ0) is 12.3. The molecule has 0 aliphatic rings. The smallest absolute Gasteiger partial charge is 0.138 e. The fourth-order valence-electron chi connectivity index (χ4n) is 1.78. The van der Waals surface area contributed by atoms with Crippen LogP contribution in [0.3, 0.4) is 0 Å². The first-order valence-electron chi connectivity index (χ1n) is 5.74. The maximum atomic E-state index is 5.70. The van der Waals surface area contributed by atoms with Gasteiger partial charge in [-0.25, -0.2) is 9.97 Å².